The van der Waals surface area contributed by atoms with Crippen molar-refractivity contribution < 1.29 is 14.0 Å². The number of nitrogens with one attached hydrogen (secondary N) is 2. The van der Waals surface area contributed by atoms with Crippen LogP contribution in [0.3, 0.4) is 0 Å². The monoisotopic (exact) mass is 358 g/mol. The zero-order valence-corrected chi connectivity index (χ0v) is 15.3. The van der Waals surface area contributed by atoms with Gasteiger partial charge in [-0.2, -0.15) is 5.10 Å². The smallest absolute Gasteiger partial charge is 0.329 e. The molecule has 0 aliphatic heterocycles. The average Bonchev–Trinajstić information content (AvgIpc) is 2.89. The van der Waals surface area contributed by atoms with Gasteiger partial charge in [0.15, 0.2) is 0 Å². The molecule has 0 aliphatic carbocycles. The Hall–Kier alpha value is -2.96. The molecule has 6 nitrogen and oxygen atoms in total. The van der Waals surface area contributed by atoms with Crippen molar-refractivity contribution in [2.75, 3.05) is 0 Å². The number of hydrogen-bond acceptors (Lipinski definition) is 3. The van der Waals surface area contributed by atoms with Gasteiger partial charge >= 0.3 is 11.8 Å². The fourth-order valence-electron chi connectivity index (χ4n) is 2.52. The summed E-state index contributed by atoms with van der Waals surface area (Å²) in [5.74, 6) is -1.88. The van der Waals surface area contributed by atoms with Gasteiger partial charge in [-0.3, -0.25) is 9.59 Å². The van der Waals surface area contributed by atoms with Gasteiger partial charge in [-0.1, -0.05) is 19.1 Å². The molecule has 138 valence electrons. The zero-order chi connectivity index (χ0) is 19.3. The van der Waals surface area contributed by atoms with Crippen molar-refractivity contribution in [3.63, 3.8) is 0 Å². The van der Waals surface area contributed by atoms with Crippen molar-refractivity contribution in [2.45, 2.75) is 40.2 Å². The van der Waals surface area contributed by atoms with Crippen molar-refractivity contribution in [3.8, 4) is 5.69 Å². The van der Waals surface area contributed by atoms with Crippen LogP contribution in [0.4, 0.5) is 4.39 Å². The molecule has 1 aromatic heterocycles. The average molecular weight is 358 g/mol. The van der Waals surface area contributed by atoms with Crippen LogP contribution >= 0.6 is 0 Å². The van der Waals surface area contributed by atoms with Gasteiger partial charge in [-0.05, 0) is 45.4 Å². The molecule has 2 rings (SSSR count). The summed E-state index contributed by atoms with van der Waals surface area (Å²) in [6.07, 6.45) is 2.17. The van der Waals surface area contributed by atoms with E-state index in [1.807, 2.05) is 33.8 Å². The number of halogens is 1. The Bertz CT molecular complexity index is 842. The number of benzene rings is 1. The molecule has 2 aromatic rings. The minimum atomic E-state index is -0.829. The fraction of sp³-hybridized carbons (Fsp3) is 0.316. The number of para-hydroxylation sites is 1. The minimum absolute atomic E-state index is 0.0862. The number of hydrogen-bond donors (Lipinski definition) is 2. The first-order valence-corrected chi connectivity index (χ1v) is 8.42. The van der Waals surface area contributed by atoms with E-state index in [2.05, 4.69) is 15.8 Å². The van der Waals surface area contributed by atoms with Crippen LogP contribution < -0.4 is 10.7 Å². The number of aryl methyl sites for hydroxylation is 1. The van der Waals surface area contributed by atoms with Crippen molar-refractivity contribution in [1.29, 1.82) is 0 Å². The third kappa shape index (κ3) is 4.36. The summed E-state index contributed by atoms with van der Waals surface area (Å²) in [7, 11) is 0. The summed E-state index contributed by atoms with van der Waals surface area (Å²) in [5.41, 5.74) is 4.96. The molecule has 0 unspecified atom stereocenters. The lowest BCUT2D eigenvalue weighted by atomic mass is 10.2. The van der Waals surface area contributed by atoms with Crippen LogP contribution in [0, 0.1) is 19.7 Å². The predicted octanol–water partition coefficient (Wildman–Crippen LogP) is 2.60. The molecule has 0 bridgehead atoms. The van der Waals surface area contributed by atoms with Crippen LogP contribution in [0.2, 0.25) is 0 Å². The molecule has 2 amide bonds. The molecule has 1 atom stereocenters. The van der Waals surface area contributed by atoms with Gasteiger partial charge in [-0.25, -0.2) is 9.82 Å². The van der Waals surface area contributed by atoms with Gasteiger partial charge in [0.2, 0.25) is 0 Å². The van der Waals surface area contributed by atoms with E-state index in [0.29, 0.717) is 11.3 Å². The molecule has 7 heteroatoms. The topological polar surface area (TPSA) is 75.5 Å². The van der Waals surface area contributed by atoms with E-state index in [1.165, 1.54) is 12.3 Å². The number of rotatable bonds is 5. The summed E-state index contributed by atoms with van der Waals surface area (Å²) in [4.78, 5) is 23.4. The highest BCUT2D eigenvalue weighted by atomic mass is 19.1. The van der Waals surface area contributed by atoms with Gasteiger partial charge in [0, 0.05) is 23.0 Å². The highest BCUT2D eigenvalue weighted by molar-refractivity contribution is 6.35. The van der Waals surface area contributed by atoms with E-state index >= 15 is 0 Å². The third-order valence-electron chi connectivity index (χ3n) is 4.13. The van der Waals surface area contributed by atoms with E-state index in [4.69, 9.17) is 0 Å². The van der Waals surface area contributed by atoms with Crippen LogP contribution in [0.25, 0.3) is 5.69 Å². The molecule has 0 spiro atoms. The third-order valence-corrected chi connectivity index (χ3v) is 4.13. The highest BCUT2D eigenvalue weighted by Gasteiger charge is 2.15. The van der Waals surface area contributed by atoms with Gasteiger partial charge < -0.3 is 9.88 Å². The van der Waals surface area contributed by atoms with Gasteiger partial charge in [0.1, 0.15) is 5.82 Å². The highest BCUT2D eigenvalue weighted by Crippen LogP contribution is 2.21. The molecule has 0 radical (unpaired) electrons. The second kappa shape index (κ2) is 8.42. The van der Waals surface area contributed by atoms with E-state index < -0.39 is 11.8 Å². The number of nitrogens with zero attached hydrogens (tertiary/aromatic N) is 2. The van der Waals surface area contributed by atoms with Crippen LogP contribution in [-0.4, -0.2) is 28.6 Å². The summed E-state index contributed by atoms with van der Waals surface area (Å²) in [6, 6.07) is 8.24. The first kappa shape index (κ1) is 19.4. The minimum Gasteiger partial charge on any atom is -0.345 e. The lowest BCUT2D eigenvalue weighted by Crippen LogP contribution is -2.41. The van der Waals surface area contributed by atoms with Crippen molar-refractivity contribution >= 4 is 18.0 Å². The lowest BCUT2D eigenvalue weighted by Gasteiger charge is -2.10. The first-order valence-electron chi connectivity index (χ1n) is 8.42. The van der Waals surface area contributed by atoms with Crippen molar-refractivity contribution in [2.24, 2.45) is 5.10 Å². The van der Waals surface area contributed by atoms with Crippen LogP contribution in [0.15, 0.2) is 35.4 Å². The number of carbonyl (C=O) groups excluding carboxylic acids is 2. The normalized spacial score (nSPS) is 12.2. The molecule has 1 heterocycles. The maximum Gasteiger partial charge on any atom is 0.329 e. The van der Waals surface area contributed by atoms with Crippen molar-refractivity contribution in [1.82, 2.24) is 15.3 Å². The van der Waals surface area contributed by atoms with E-state index in [9.17, 15) is 14.0 Å². The second-order valence-electron chi connectivity index (χ2n) is 6.10. The SMILES string of the molecule is CC[C@@H](C)NC(=O)C(=O)N/N=C\c1cc(C)n(-c2ccccc2F)c1C. The fourth-order valence-corrected chi connectivity index (χ4v) is 2.52. The molecular weight excluding hydrogens is 335 g/mol. The van der Waals surface area contributed by atoms with E-state index in [1.54, 1.807) is 22.8 Å². The number of aromatic nitrogens is 1. The van der Waals surface area contributed by atoms with Gasteiger partial charge in [0.25, 0.3) is 0 Å². The molecule has 26 heavy (non-hydrogen) atoms. The molecule has 0 saturated heterocycles. The summed E-state index contributed by atoms with van der Waals surface area (Å²) >= 11 is 0. The largest absolute Gasteiger partial charge is 0.345 e. The zero-order valence-electron chi connectivity index (χ0n) is 15.3. The van der Waals surface area contributed by atoms with Gasteiger partial charge in [0.05, 0.1) is 11.9 Å². The standard InChI is InChI=1S/C19H23FN4O2/c1-5-12(2)22-18(25)19(26)23-21-11-15-10-13(3)24(14(15)4)17-9-7-6-8-16(17)20/h6-12H,5H2,1-4H3,(H,22,25)(H,23,26)/b21-11-/t12-/m1/s1. The Kier molecular flexibility index (Phi) is 6.27. The van der Waals surface area contributed by atoms with Crippen LogP contribution in [0.1, 0.15) is 37.2 Å². The molecule has 0 fully saturated rings. The molecule has 0 aliphatic rings. The van der Waals surface area contributed by atoms with Crippen LogP contribution in [-0.2, 0) is 9.59 Å². The Morgan fingerprint density at radius 3 is 2.62 bits per heavy atom. The van der Waals surface area contributed by atoms with Crippen LogP contribution in [0.5, 0.6) is 0 Å². The quantitative estimate of drug-likeness (QED) is 0.490. The second-order valence-corrected chi connectivity index (χ2v) is 6.10. The number of hydrazone groups is 1. The first-order chi connectivity index (χ1) is 12.3. The molecular formula is C19H23FN4O2. The Balaban J connectivity index is 2.13. The molecule has 2 N–H and O–H groups in total. The summed E-state index contributed by atoms with van der Waals surface area (Å²) in [5, 5.41) is 6.39. The summed E-state index contributed by atoms with van der Waals surface area (Å²) in [6.45, 7) is 7.41. The van der Waals surface area contributed by atoms with E-state index in [0.717, 1.165) is 17.8 Å². The lowest BCUT2D eigenvalue weighted by molar-refractivity contribution is -0.139. The maximum atomic E-state index is 14.1. The Morgan fingerprint density at radius 2 is 1.96 bits per heavy atom. The summed E-state index contributed by atoms with van der Waals surface area (Å²) < 4.78 is 15.8. The predicted molar refractivity (Wildman–Crippen MR) is 98.8 cm³/mol. The Labute approximate surface area is 152 Å². The number of carbonyl (C=O) groups is 2. The Morgan fingerprint density at radius 1 is 1.27 bits per heavy atom. The van der Waals surface area contributed by atoms with Gasteiger partial charge in [-0.15, -0.1) is 0 Å². The number of amides is 2. The molecule has 1 aromatic carbocycles. The van der Waals surface area contributed by atoms with Crippen molar-refractivity contribution in [3.05, 3.63) is 53.1 Å². The molecule has 0 saturated carbocycles. The van der Waals surface area contributed by atoms with E-state index in [-0.39, 0.29) is 11.9 Å². The maximum absolute atomic E-state index is 14.1.